The van der Waals surface area contributed by atoms with Gasteiger partial charge >= 0.3 is 0 Å². The lowest BCUT2D eigenvalue weighted by Crippen LogP contribution is -2.31. The average Bonchev–Trinajstić information content (AvgIpc) is 2.95. The lowest BCUT2D eigenvalue weighted by Gasteiger charge is -2.19. The number of carbonyl (C=O) groups is 1. The third-order valence-corrected chi connectivity index (χ3v) is 5.28. The summed E-state index contributed by atoms with van der Waals surface area (Å²) >= 11 is 0. The predicted octanol–water partition coefficient (Wildman–Crippen LogP) is 1.68. The zero-order valence-electron chi connectivity index (χ0n) is 13.2. The van der Waals surface area contributed by atoms with Crippen molar-refractivity contribution in [2.75, 3.05) is 30.1 Å². The van der Waals surface area contributed by atoms with Crippen molar-refractivity contribution in [1.29, 1.82) is 0 Å². The molecule has 0 aromatic heterocycles. The van der Waals surface area contributed by atoms with Crippen LogP contribution in [0.15, 0.2) is 24.3 Å². The molecule has 1 aliphatic heterocycles. The van der Waals surface area contributed by atoms with Crippen LogP contribution in [0.5, 0.6) is 0 Å². The number of rotatable bonds is 6. The van der Waals surface area contributed by atoms with E-state index in [9.17, 15) is 13.2 Å². The van der Waals surface area contributed by atoms with E-state index >= 15 is 0 Å². The molecule has 1 unspecified atom stereocenters. The van der Waals surface area contributed by atoms with E-state index in [1.807, 2.05) is 0 Å². The van der Waals surface area contributed by atoms with E-state index in [1.54, 1.807) is 36.1 Å². The van der Waals surface area contributed by atoms with Crippen molar-refractivity contribution in [1.82, 2.24) is 4.90 Å². The second-order valence-corrected chi connectivity index (χ2v) is 7.45. The molecule has 1 aromatic rings. The third kappa shape index (κ3) is 5.09. The second kappa shape index (κ2) is 8.52. The van der Waals surface area contributed by atoms with Crippen LogP contribution in [0.2, 0.25) is 0 Å². The average molecular weight is 362 g/mol. The van der Waals surface area contributed by atoms with Crippen LogP contribution >= 0.6 is 12.4 Å². The minimum atomic E-state index is -3.42. The fourth-order valence-corrected chi connectivity index (χ4v) is 3.78. The molecule has 130 valence electrons. The number of sulfonamides is 1. The van der Waals surface area contributed by atoms with Gasteiger partial charge in [0.05, 0.1) is 17.0 Å². The number of hydrogen-bond acceptors (Lipinski definition) is 4. The second-order valence-electron chi connectivity index (χ2n) is 5.61. The van der Waals surface area contributed by atoms with Crippen LogP contribution in [0.1, 0.15) is 30.1 Å². The molecule has 3 N–H and O–H groups in total. The summed E-state index contributed by atoms with van der Waals surface area (Å²) in [6, 6.07) is 6.73. The Morgan fingerprint density at radius 1 is 1.39 bits per heavy atom. The Hall–Kier alpha value is -1.31. The Kier molecular flexibility index (Phi) is 7.31. The summed E-state index contributed by atoms with van der Waals surface area (Å²) in [7, 11) is -3.42. The topological polar surface area (TPSA) is 92.5 Å². The van der Waals surface area contributed by atoms with E-state index in [0.717, 1.165) is 6.42 Å². The molecule has 2 rings (SSSR count). The molecular formula is C15H24ClN3O3S. The normalized spacial score (nSPS) is 17.7. The third-order valence-electron chi connectivity index (χ3n) is 3.80. The van der Waals surface area contributed by atoms with Gasteiger partial charge in [-0.3, -0.25) is 9.52 Å². The molecule has 6 nitrogen and oxygen atoms in total. The Bertz CT molecular complexity index is 637. The smallest absolute Gasteiger partial charge is 0.255 e. The number of likely N-dealkylation sites (tertiary alicyclic amines) is 1. The van der Waals surface area contributed by atoms with Gasteiger partial charge in [0.2, 0.25) is 10.0 Å². The van der Waals surface area contributed by atoms with Crippen molar-refractivity contribution in [2.45, 2.75) is 19.8 Å². The monoisotopic (exact) mass is 361 g/mol. The van der Waals surface area contributed by atoms with Gasteiger partial charge in [0, 0.05) is 13.1 Å². The molecule has 0 radical (unpaired) electrons. The number of hydrogen-bond donors (Lipinski definition) is 2. The molecule has 0 bridgehead atoms. The SMILES string of the molecule is CCCS(=O)(=O)Nc1ccccc1C(=O)N1CCC(CN)C1.Cl. The number of nitrogens with zero attached hydrogens (tertiary/aromatic N) is 1. The molecule has 0 spiro atoms. The van der Waals surface area contributed by atoms with E-state index in [4.69, 9.17) is 5.73 Å². The summed E-state index contributed by atoms with van der Waals surface area (Å²) in [6.07, 6.45) is 1.42. The zero-order valence-corrected chi connectivity index (χ0v) is 14.8. The Morgan fingerprint density at radius 3 is 2.70 bits per heavy atom. The highest BCUT2D eigenvalue weighted by Crippen LogP contribution is 2.23. The van der Waals surface area contributed by atoms with Crippen LogP contribution in [0.25, 0.3) is 0 Å². The molecule has 1 aromatic carbocycles. The van der Waals surface area contributed by atoms with Crippen molar-refractivity contribution < 1.29 is 13.2 Å². The van der Waals surface area contributed by atoms with Crippen molar-refractivity contribution in [3.05, 3.63) is 29.8 Å². The van der Waals surface area contributed by atoms with Crippen molar-refractivity contribution in [3.63, 3.8) is 0 Å². The van der Waals surface area contributed by atoms with Crippen LogP contribution in [-0.2, 0) is 10.0 Å². The molecule has 23 heavy (non-hydrogen) atoms. The fourth-order valence-electron chi connectivity index (χ4n) is 2.63. The van der Waals surface area contributed by atoms with Crippen molar-refractivity contribution in [2.24, 2.45) is 11.7 Å². The predicted molar refractivity (Wildman–Crippen MR) is 94.5 cm³/mol. The number of amides is 1. The summed E-state index contributed by atoms with van der Waals surface area (Å²) in [5, 5.41) is 0. The largest absolute Gasteiger partial charge is 0.338 e. The molecule has 0 aliphatic carbocycles. The molecule has 1 amide bonds. The zero-order chi connectivity index (χ0) is 16.2. The van der Waals surface area contributed by atoms with Crippen molar-refractivity contribution >= 4 is 34.0 Å². The highest BCUT2D eigenvalue weighted by atomic mass is 35.5. The lowest BCUT2D eigenvalue weighted by atomic mass is 10.1. The van der Waals surface area contributed by atoms with Gasteiger partial charge in [0.25, 0.3) is 5.91 Å². The van der Waals surface area contributed by atoms with Gasteiger partial charge in [-0.2, -0.15) is 0 Å². The standard InChI is InChI=1S/C15H23N3O3S.ClH/c1-2-9-22(20,21)17-14-6-4-3-5-13(14)15(19)18-8-7-12(10-16)11-18;/h3-6,12,17H,2,7-11,16H2,1H3;1H. The number of nitrogens with two attached hydrogens (primary N) is 1. The number of carbonyl (C=O) groups excluding carboxylic acids is 1. The van der Waals surface area contributed by atoms with E-state index in [2.05, 4.69) is 4.72 Å². The summed E-state index contributed by atoms with van der Waals surface area (Å²) in [5.41, 5.74) is 6.39. The lowest BCUT2D eigenvalue weighted by molar-refractivity contribution is 0.0788. The van der Waals surface area contributed by atoms with E-state index in [-0.39, 0.29) is 24.1 Å². The molecule has 1 atom stereocenters. The minimum absolute atomic E-state index is 0. The number of anilines is 1. The highest BCUT2D eigenvalue weighted by molar-refractivity contribution is 7.92. The number of nitrogens with one attached hydrogen (secondary N) is 1. The maximum Gasteiger partial charge on any atom is 0.255 e. The first-order chi connectivity index (χ1) is 10.5. The van der Waals surface area contributed by atoms with Gasteiger partial charge in [0.15, 0.2) is 0 Å². The Morgan fingerprint density at radius 2 is 2.09 bits per heavy atom. The van der Waals surface area contributed by atoms with Gasteiger partial charge in [-0.05, 0) is 37.4 Å². The van der Waals surface area contributed by atoms with Crippen LogP contribution in [0.4, 0.5) is 5.69 Å². The molecule has 1 saturated heterocycles. The molecule has 0 saturated carbocycles. The Labute approximate surface area is 143 Å². The number of benzene rings is 1. The molecular weight excluding hydrogens is 338 g/mol. The van der Waals surface area contributed by atoms with Crippen LogP contribution in [-0.4, -0.2) is 44.6 Å². The molecule has 1 aliphatic rings. The van der Waals surface area contributed by atoms with E-state index in [1.165, 1.54) is 0 Å². The highest BCUT2D eigenvalue weighted by Gasteiger charge is 2.27. The molecule has 1 fully saturated rings. The number of para-hydroxylation sites is 1. The van der Waals surface area contributed by atoms with Gasteiger partial charge in [0.1, 0.15) is 0 Å². The van der Waals surface area contributed by atoms with Crippen LogP contribution in [0, 0.1) is 5.92 Å². The van der Waals surface area contributed by atoms with Crippen LogP contribution < -0.4 is 10.5 Å². The maximum absolute atomic E-state index is 12.6. The maximum atomic E-state index is 12.6. The van der Waals surface area contributed by atoms with E-state index in [0.29, 0.717) is 43.2 Å². The Balaban J connectivity index is 0.00000264. The van der Waals surface area contributed by atoms with Crippen molar-refractivity contribution in [3.8, 4) is 0 Å². The minimum Gasteiger partial charge on any atom is -0.338 e. The van der Waals surface area contributed by atoms with Gasteiger partial charge in [-0.15, -0.1) is 12.4 Å². The van der Waals surface area contributed by atoms with Gasteiger partial charge in [-0.1, -0.05) is 19.1 Å². The first kappa shape index (κ1) is 19.7. The first-order valence-corrected chi connectivity index (χ1v) is 9.21. The quantitative estimate of drug-likeness (QED) is 0.806. The summed E-state index contributed by atoms with van der Waals surface area (Å²) in [5.74, 6) is 0.215. The summed E-state index contributed by atoms with van der Waals surface area (Å²) in [6.45, 7) is 3.66. The summed E-state index contributed by atoms with van der Waals surface area (Å²) in [4.78, 5) is 14.4. The van der Waals surface area contributed by atoms with Gasteiger partial charge < -0.3 is 10.6 Å². The summed E-state index contributed by atoms with van der Waals surface area (Å²) < 4.78 is 26.4. The molecule has 1 heterocycles. The van der Waals surface area contributed by atoms with Gasteiger partial charge in [-0.25, -0.2) is 8.42 Å². The van der Waals surface area contributed by atoms with E-state index < -0.39 is 10.0 Å². The molecule has 8 heteroatoms. The first-order valence-electron chi connectivity index (χ1n) is 7.55. The fraction of sp³-hybridized carbons (Fsp3) is 0.533. The van der Waals surface area contributed by atoms with Crippen LogP contribution in [0.3, 0.4) is 0 Å². The number of halogens is 1.